The van der Waals surface area contributed by atoms with Crippen molar-refractivity contribution < 1.29 is 4.74 Å². The third-order valence-corrected chi connectivity index (χ3v) is 6.25. The Bertz CT molecular complexity index is 1420. The molecule has 5 aromatic rings. The van der Waals surface area contributed by atoms with E-state index in [1.165, 1.54) is 22.3 Å². The van der Waals surface area contributed by atoms with Gasteiger partial charge in [-0.2, -0.15) is 0 Å². The van der Waals surface area contributed by atoms with Crippen LogP contribution in [0.5, 0.6) is 5.75 Å². The second kappa shape index (κ2) is 10.8. The van der Waals surface area contributed by atoms with E-state index in [1.807, 2.05) is 18.2 Å². The molecule has 0 aliphatic carbocycles. The van der Waals surface area contributed by atoms with Crippen LogP contribution in [0.2, 0.25) is 0 Å². The summed E-state index contributed by atoms with van der Waals surface area (Å²) in [7, 11) is 1.69. The summed E-state index contributed by atoms with van der Waals surface area (Å²) in [6.45, 7) is 2.12. The van der Waals surface area contributed by atoms with E-state index in [1.54, 1.807) is 7.11 Å². The Morgan fingerprint density at radius 1 is 0.556 bits per heavy atom. The number of benzene rings is 5. The lowest BCUT2D eigenvalue weighted by molar-refractivity contribution is 0.415. The zero-order valence-electron chi connectivity index (χ0n) is 20.6. The number of rotatable bonds is 7. The molecule has 176 valence electrons. The average molecular weight is 468 g/mol. The van der Waals surface area contributed by atoms with Crippen LogP contribution in [0.4, 0.5) is 17.1 Å². The molecular formula is C34H29NO. The topological polar surface area (TPSA) is 12.5 Å². The van der Waals surface area contributed by atoms with Gasteiger partial charge in [-0.3, -0.25) is 0 Å². The fourth-order valence-corrected chi connectivity index (χ4v) is 4.33. The Morgan fingerprint density at radius 2 is 1.06 bits per heavy atom. The van der Waals surface area contributed by atoms with Crippen LogP contribution >= 0.6 is 0 Å². The first-order valence-electron chi connectivity index (χ1n) is 12.1. The van der Waals surface area contributed by atoms with E-state index in [0.29, 0.717) is 0 Å². The minimum absolute atomic E-state index is 0.844. The normalized spacial score (nSPS) is 11.2. The Hall–Kier alpha value is -4.56. The Morgan fingerprint density at radius 3 is 1.64 bits per heavy atom. The molecule has 0 aliphatic heterocycles. The molecule has 0 spiro atoms. The van der Waals surface area contributed by atoms with Crippen LogP contribution in [0.3, 0.4) is 0 Å². The number of hydrogen-bond donors (Lipinski definition) is 0. The summed E-state index contributed by atoms with van der Waals surface area (Å²) in [5.74, 6) is 0.844. The molecular weight excluding hydrogens is 438 g/mol. The summed E-state index contributed by atoms with van der Waals surface area (Å²) in [6, 6.07) is 46.6. The highest BCUT2D eigenvalue weighted by Crippen LogP contribution is 2.35. The van der Waals surface area contributed by atoms with Crippen LogP contribution in [-0.4, -0.2) is 7.11 Å². The Balaban J connectivity index is 1.54. The standard InChI is InChI=1S/C34H29NO/c1-26-13-17-29(18-14-26)34(28-9-5-3-6-10-28)25-27-15-19-31(20-16-27)35(30-11-7-4-8-12-30)32-21-23-33(36-2)24-22-32/h3-25H,1-2H3/b34-25-. The van der Waals surface area contributed by atoms with Crippen molar-refractivity contribution >= 4 is 28.7 Å². The van der Waals surface area contributed by atoms with Gasteiger partial charge in [0.25, 0.3) is 0 Å². The Kier molecular flexibility index (Phi) is 6.95. The summed E-state index contributed by atoms with van der Waals surface area (Å²) in [6.07, 6.45) is 2.27. The van der Waals surface area contributed by atoms with Crippen molar-refractivity contribution in [2.24, 2.45) is 0 Å². The van der Waals surface area contributed by atoms with Crippen LogP contribution in [0.25, 0.3) is 11.6 Å². The number of aryl methyl sites for hydroxylation is 1. The SMILES string of the molecule is COc1ccc(N(c2ccccc2)c2ccc(/C=C(/c3ccccc3)c3ccc(C)cc3)cc2)cc1. The van der Waals surface area contributed by atoms with Gasteiger partial charge in [0, 0.05) is 17.1 Å². The average Bonchev–Trinajstić information content (AvgIpc) is 2.95. The van der Waals surface area contributed by atoms with Gasteiger partial charge in [0.2, 0.25) is 0 Å². The van der Waals surface area contributed by atoms with E-state index in [2.05, 4.69) is 133 Å². The molecule has 0 unspecified atom stereocenters. The van der Waals surface area contributed by atoms with E-state index >= 15 is 0 Å². The van der Waals surface area contributed by atoms with Gasteiger partial charge in [-0.1, -0.05) is 90.5 Å². The summed E-state index contributed by atoms with van der Waals surface area (Å²) in [5, 5.41) is 0. The van der Waals surface area contributed by atoms with Crippen molar-refractivity contribution in [1.82, 2.24) is 0 Å². The third-order valence-electron chi connectivity index (χ3n) is 6.25. The van der Waals surface area contributed by atoms with Gasteiger partial charge in [-0.25, -0.2) is 0 Å². The molecule has 0 amide bonds. The Labute approximate surface area is 213 Å². The van der Waals surface area contributed by atoms with Crippen LogP contribution in [0.1, 0.15) is 22.3 Å². The van der Waals surface area contributed by atoms with Crippen LogP contribution in [0.15, 0.2) is 133 Å². The lowest BCUT2D eigenvalue weighted by Crippen LogP contribution is -2.09. The maximum Gasteiger partial charge on any atom is 0.119 e. The van der Waals surface area contributed by atoms with Gasteiger partial charge in [0.05, 0.1) is 7.11 Å². The second-order valence-electron chi connectivity index (χ2n) is 8.75. The summed E-state index contributed by atoms with van der Waals surface area (Å²) in [5.41, 5.74) is 9.31. The molecule has 5 rings (SSSR count). The molecule has 0 saturated heterocycles. The van der Waals surface area contributed by atoms with E-state index in [4.69, 9.17) is 4.74 Å². The van der Waals surface area contributed by atoms with Crippen LogP contribution < -0.4 is 9.64 Å². The van der Waals surface area contributed by atoms with Crippen LogP contribution in [0, 0.1) is 6.92 Å². The number of anilines is 3. The fraction of sp³-hybridized carbons (Fsp3) is 0.0588. The first-order chi connectivity index (χ1) is 17.7. The highest BCUT2D eigenvalue weighted by Gasteiger charge is 2.12. The minimum atomic E-state index is 0.844. The second-order valence-corrected chi connectivity index (χ2v) is 8.75. The maximum atomic E-state index is 5.37. The molecule has 36 heavy (non-hydrogen) atoms. The quantitative estimate of drug-likeness (QED) is 0.221. The highest BCUT2D eigenvalue weighted by atomic mass is 16.5. The highest BCUT2D eigenvalue weighted by molar-refractivity contribution is 5.91. The minimum Gasteiger partial charge on any atom is -0.497 e. The number of ether oxygens (including phenoxy) is 1. The predicted octanol–water partition coefficient (Wildman–Crippen LogP) is 9.06. The predicted molar refractivity (Wildman–Crippen MR) is 152 cm³/mol. The third kappa shape index (κ3) is 5.24. The molecule has 5 aromatic carbocycles. The molecule has 0 atom stereocenters. The molecule has 0 aliphatic rings. The molecule has 0 N–H and O–H groups in total. The molecule has 0 heterocycles. The molecule has 2 heteroatoms. The number of hydrogen-bond acceptors (Lipinski definition) is 2. The first-order valence-corrected chi connectivity index (χ1v) is 12.1. The van der Waals surface area contributed by atoms with E-state index in [0.717, 1.165) is 28.4 Å². The largest absolute Gasteiger partial charge is 0.497 e. The lowest BCUT2D eigenvalue weighted by Gasteiger charge is -2.25. The van der Waals surface area contributed by atoms with Gasteiger partial charge in [-0.05, 0) is 83.8 Å². The summed E-state index contributed by atoms with van der Waals surface area (Å²) >= 11 is 0. The first kappa shape index (κ1) is 23.2. The van der Waals surface area contributed by atoms with Crippen molar-refractivity contribution in [3.8, 4) is 5.75 Å². The van der Waals surface area contributed by atoms with Gasteiger partial charge in [0.1, 0.15) is 5.75 Å². The number of methoxy groups -OCH3 is 1. The fourth-order valence-electron chi connectivity index (χ4n) is 4.33. The van der Waals surface area contributed by atoms with E-state index in [-0.39, 0.29) is 0 Å². The number of para-hydroxylation sites is 1. The zero-order chi connectivity index (χ0) is 24.7. The summed E-state index contributed by atoms with van der Waals surface area (Å²) < 4.78 is 5.37. The van der Waals surface area contributed by atoms with Crippen molar-refractivity contribution in [2.45, 2.75) is 6.92 Å². The molecule has 0 saturated carbocycles. The van der Waals surface area contributed by atoms with Gasteiger partial charge < -0.3 is 9.64 Å². The van der Waals surface area contributed by atoms with Gasteiger partial charge in [-0.15, -0.1) is 0 Å². The molecule has 2 nitrogen and oxygen atoms in total. The van der Waals surface area contributed by atoms with Crippen molar-refractivity contribution in [1.29, 1.82) is 0 Å². The van der Waals surface area contributed by atoms with Gasteiger partial charge >= 0.3 is 0 Å². The van der Waals surface area contributed by atoms with Crippen LogP contribution in [-0.2, 0) is 0 Å². The van der Waals surface area contributed by atoms with Gasteiger partial charge in [0.15, 0.2) is 0 Å². The van der Waals surface area contributed by atoms with E-state index in [9.17, 15) is 0 Å². The van der Waals surface area contributed by atoms with Crippen molar-refractivity contribution in [2.75, 3.05) is 12.0 Å². The number of nitrogens with zero attached hydrogens (tertiary/aromatic N) is 1. The smallest absolute Gasteiger partial charge is 0.119 e. The molecule has 0 fully saturated rings. The molecule has 0 bridgehead atoms. The lowest BCUT2D eigenvalue weighted by atomic mass is 9.95. The maximum absolute atomic E-state index is 5.37. The van der Waals surface area contributed by atoms with Crippen molar-refractivity contribution in [3.05, 3.63) is 156 Å². The molecule has 0 aromatic heterocycles. The summed E-state index contributed by atoms with van der Waals surface area (Å²) in [4.78, 5) is 2.25. The molecule has 0 radical (unpaired) electrons. The monoisotopic (exact) mass is 467 g/mol. The van der Waals surface area contributed by atoms with E-state index < -0.39 is 0 Å². The van der Waals surface area contributed by atoms with Crippen molar-refractivity contribution in [3.63, 3.8) is 0 Å². The zero-order valence-corrected chi connectivity index (χ0v) is 20.6.